The number of hydrogen-bond acceptors (Lipinski definition) is 10. The first kappa shape index (κ1) is 27.7. The molecule has 3 aliphatic heterocycles. The molecule has 10 nitrogen and oxygen atoms in total. The first-order valence-corrected chi connectivity index (χ1v) is 13.3. The minimum Gasteiger partial charge on any atom is -0.486 e. The summed E-state index contributed by atoms with van der Waals surface area (Å²) in [5.74, 6) is 1.19. The van der Waals surface area contributed by atoms with Crippen LogP contribution in [0.15, 0.2) is 48.8 Å². The van der Waals surface area contributed by atoms with Gasteiger partial charge in [0.1, 0.15) is 30.4 Å². The number of nitrogens with one attached hydrogen (secondary N) is 2. The lowest BCUT2D eigenvalue weighted by atomic mass is 10.1. The van der Waals surface area contributed by atoms with Crippen molar-refractivity contribution < 1.29 is 13.9 Å². The Bertz CT molecular complexity index is 1320. The molecule has 0 amide bonds. The quantitative estimate of drug-likeness (QED) is 0.457. The zero-order chi connectivity index (χ0) is 26.6. The van der Waals surface area contributed by atoms with Crippen molar-refractivity contribution >= 4 is 17.3 Å². The number of alkyl halides is 1. The van der Waals surface area contributed by atoms with Gasteiger partial charge in [-0.3, -0.25) is 4.90 Å². The third-order valence-electron chi connectivity index (χ3n) is 7.50. The van der Waals surface area contributed by atoms with E-state index in [-0.39, 0.29) is 14.0 Å². The average molecular weight is 547 g/mol. The number of hydrogen-bond donors (Lipinski definition) is 2. The normalized spacial score (nSPS) is 21.6. The Morgan fingerprint density at radius 1 is 1.07 bits per heavy atom. The van der Waals surface area contributed by atoms with E-state index in [1.165, 1.54) is 12.0 Å². The molecule has 0 saturated carbocycles. The molecule has 210 valence electrons. The number of ether oxygens (including phenoxy) is 2. The van der Waals surface area contributed by atoms with Gasteiger partial charge in [0.15, 0.2) is 5.82 Å². The second-order valence-corrected chi connectivity index (χ2v) is 10.0. The van der Waals surface area contributed by atoms with Crippen molar-refractivity contribution in [2.45, 2.75) is 32.2 Å². The molecule has 2 aromatic carbocycles. The van der Waals surface area contributed by atoms with Crippen LogP contribution in [0.3, 0.4) is 0 Å². The summed E-state index contributed by atoms with van der Waals surface area (Å²) in [6.45, 7) is 6.76. The van der Waals surface area contributed by atoms with Gasteiger partial charge < -0.3 is 25.0 Å². The van der Waals surface area contributed by atoms with E-state index in [4.69, 9.17) is 9.47 Å². The number of rotatable bonds is 7. The molecule has 0 radical (unpaired) electrons. The summed E-state index contributed by atoms with van der Waals surface area (Å²) in [7, 11) is 0. The van der Waals surface area contributed by atoms with Crippen LogP contribution < -0.4 is 20.3 Å². The summed E-state index contributed by atoms with van der Waals surface area (Å²) >= 11 is 0. The predicted octanol–water partition coefficient (Wildman–Crippen LogP) is 3.39. The van der Waals surface area contributed by atoms with Crippen LogP contribution >= 0.6 is 0 Å². The van der Waals surface area contributed by atoms with Gasteiger partial charge in [0, 0.05) is 49.7 Å². The minimum atomic E-state index is -1.12. The maximum absolute atomic E-state index is 14.2. The van der Waals surface area contributed by atoms with E-state index in [1.54, 1.807) is 18.2 Å². The van der Waals surface area contributed by atoms with Crippen LogP contribution in [0.25, 0.3) is 11.4 Å². The fourth-order valence-corrected chi connectivity index (χ4v) is 5.11. The van der Waals surface area contributed by atoms with Crippen molar-refractivity contribution in [3.8, 4) is 23.2 Å². The molecule has 1 aromatic heterocycles. The molecule has 11 heteroatoms. The lowest BCUT2D eigenvalue weighted by molar-refractivity contribution is -0.0660. The molecule has 3 aromatic rings. The largest absolute Gasteiger partial charge is 0.486 e. The molecule has 0 bridgehead atoms. The van der Waals surface area contributed by atoms with Crippen molar-refractivity contribution in [1.82, 2.24) is 25.2 Å². The number of halogens is 1. The van der Waals surface area contributed by atoms with Crippen LogP contribution in [0.2, 0.25) is 0 Å². The van der Waals surface area contributed by atoms with Gasteiger partial charge in [0.05, 0.1) is 24.8 Å². The van der Waals surface area contributed by atoms with Crippen LogP contribution in [0.5, 0.6) is 5.75 Å². The summed E-state index contributed by atoms with van der Waals surface area (Å²) < 4.78 is 25.4. The van der Waals surface area contributed by atoms with E-state index in [1.807, 2.05) is 12.1 Å². The van der Waals surface area contributed by atoms with Crippen molar-refractivity contribution in [1.29, 1.82) is 5.26 Å². The predicted molar refractivity (Wildman–Crippen MR) is 152 cm³/mol. The van der Waals surface area contributed by atoms with E-state index in [0.29, 0.717) is 47.7 Å². The highest BCUT2D eigenvalue weighted by molar-refractivity contribution is 5.64. The number of piperazine rings is 1. The molecule has 3 saturated heterocycles. The Morgan fingerprint density at radius 2 is 1.88 bits per heavy atom. The van der Waals surface area contributed by atoms with E-state index < -0.39 is 12.3 Å². The van der Waals surface area contributed by atoms with Gasteiger partial charge >= 0.3 is 0 Å². The van der Waals surface area contributed by atoms with Gasteiger partial charge in [-0.2, -0.15) is 10.2 Å². The number of nitriles is 1. The van der Waals surface area contributed by atoms with Crippen LogP contribution in [0.1, 0.15) is 19.4 Å². The Morgan fingerprint density at radius 3 is 2.58 bits per heavy atom. The molecular formula is C29H35FN8O2. The van der Waals surface area contributed by atoms with Crippen molar-refractivity contribution in [3.05, 3.63) is 54.4 Å². The third kappa shape index (κ3) is 6.14. The van der Waals surface area contributed by atoms with E-state index in [9.17, 15) is 9.65 Å². The molecule has 2 atom stereocenters. The molecule has 3 fully saturated rings. The Labute approximate surface area is 234 Å². The SMILES string of the molecule is C.N#Cc1cc(-c2ncnc(Nc3ccc(N4CCN(C5COC5)CC4)cc3)n2)ccc1O[C@@H]1CCNC[C@H]1F. The molecule has 4 heterocycles. The maximum atomic E-state index is 14.2. The summed E-state index contributed by atoms with van der Waals surface area (Å²) in [6.07, 6.45) is 0.291. The second-order valence-electron chi connectivity index (χ2n) is 10.0. The van der Waals surface area contributed by atoms with Gasteiger partial charge in [0.2, 0.25) is 5.95 Å². The number of nitrogens with zero attached hydrogens (tertiary/aromatic N) is 6. The Kier molecular flexibility index (Phi) is 8.69. The number of benzene rings is 2. The van der Waals surface area contributed by atoms with E-state index in [2.05, 4.69) is 53.6 Å². The van der Waals surface area contributed by atoms with Crippen LogP contribution in [-0.4, -0.2) is 90.7 Å². The van der Waals surface area contributed by atoms with E-state index in [0.717, 1.165) is 45.1 Å². The Hall–Kier alpha value is -3.85. The maximum Gasteiger partial charge on any atom is 0.230 e. The lowest BCUT2D eigenvalue weighted by Gasteiger charge is -2.43. The second kappa shape index (κ2) is 12.6. The summed E-state index contributed by atoms with van der Waals surface area (Å²) in [5.41, 5.74) is 3.02. The van der Waals surface area contributed by atoms with Gasteiger partial charge in [-0.15, -0.1) is 0 Å². The molecule has 0 aliphatic carbocycles. The van der Waals surface area contributed by atoms with Gasteiger partial charge in [0.25, 0.3) is 0 Å². The standard InChI is InChI=1S/C28H31FN8O2.CH4/c29-24-15-31-8-7-26(24)39-25-6-1-19(13-20(25)14-30)27-32-18-33-28(35-27)34-21-2-4-22(5-3-21)36-9-11-37(12-10-36)23-16-38-17-23;/h1-6,13,18,23-24,26,31H,7-12,15-17H2,(H,32,33,34,35);1H4/t24-,26-;/m1./s1. The molecule has 3 aliphatic rings. The van der Waals surface area contributed by atoms with Crippen LogP contribution in [0, 0.1) is 11.3 Å². The molecular weight excluding hydrogens is 511 g/mol. The summed E-state index contributed by atoms with van der Waals surface area (Å²) in [4.78, 5) is 18.0. The van der Waals surface area contributed by atoms with Crippen molar-refractivity contribution in [2.24, 2.45) is 0 Å². The number of anilines is 3. The van der Waals surface area contributed by atoms with Crippen molar-refractivity contribution in [2.75, 3.05) is 62.7 Å². The van der Waals surface area contributed by atoms with Crippen molar-refractivity contribution in [3.63, 3.8) is 0 Å². The van der Waals surface area contributed by atoms with Gasteiger partial charge in [-0.1, -0.05) is 7.43 Å². The average Bonchev–Trinajstić information content (AvgIpc) is 2.95. The molecule has 6 rings (SSSR count). The first-order chi connectivity index (χ1) is 19.2. The topological polar surface area (TPSA) is 111 Å². The third-order valence-corrected chi connectivity index (χ3v) is 7.50. The molecule has 40 heavy (non-hydrogen) atoms. The minimum absolute atomic E-state index is 0. The summed E-state index contributed by atoms with van der Waals surface area (Å²) in [5, 5.41) is 15.9. The van der Waals surface area contributed by atoms with Crippen LogP contribution in [-0.2, 0) is 4.74 Å². The zero-order valence-electron chi connectivity index (χ0n) is 21.6. The highest BCUT2D eigenvalue weighted by Gasteiger charge is 2.29. The van der Waals surface area contributed by atoms with Gasteiger partial charge in [-0.05, 0) is 55.4 Å². The zero-order valence-corrected chi connectivity index (χ0v) is 21.6. The summed E-state index contributed by atoms with van der Waals surface area (Å²) in [6, 6.07) is 16.1. The number of aromatic nitrogens is 3. The smallest absolute Gasteiger partial charge is 0.230 e. The highest BCUT2D eigenvalue weighted by Crippen LogP contribution is 2.28. The fourth-order valence-electron chi connectivity index (χ4n) is 5.11. The Balaban J connectivity index is 0.00000323. The molecule has 2 N–H and O–H groups in total. The highest BCUT2D eigenvalue weighted by atomic mass is 19.1. The molecule has 0 spiro atoms. The van der Waals surface area contributed by atoms with Gasteiger partial charge in [-0.25, -0.2) is 14.4 Å². The lowest BCUT2D eigenvalue weighted by Crippen LogP contribution is -2.56. The monoisotopic (exact) mass is 546 g/mol. The first-order valence-electron chi connectivity index (χ1n) is 13.3. The van der Waals surface area contributed by atoms with E-state index >= 15 is 0 Å². The van der Waals surface area contributed by atoms with Crippen LogP contribution in [0.4, 0.5) is 21.7 Å². The number of piperidine rings is 1. The molecule has 0 unspecified atom stereocenters. The fraction of sp³-hybridized carbons (Fsp3) is 0.448.